The molecular formula is C59H114O17P2. The fraction of sp³-hybridized carbons (Fsp3) is 0.932. The van der Waals surface area contributed by atoms with Gasteiger partial charge in [0, 0.05) is 25.7 Å². The van der Waals surface area contributed by atoms with Gasteiger partial charge < -0.3 is 33.8 Å². The average molecular weight is 1160 g/mol. The van der Waals surface area contributed by atoms with Crippen LogP contribution in [0.5, 0.6) is 0 Å². The molecule has 0 saturated carbocycles. The van der Waals surface area contributed by atoms with Crippen LogP contribution in [0, 0.1) is 5.92 Å². The Hall–Kier alpha value is -1.94. The van der Waals surface area contributed by atoms with Gasteiger partial charge in [-0.15, -0.1) is 0 Å². The van der Waals surface area contributed by atoms with Crippen LogP contribution in [-0.4, -0.2) is 96.7 Å². The van der Waals surface area contributed by atoms with E-state index >= 15 is 0 Å². The van der Waals surface area contributed by atoms with Crippen molar-refractivity contribution in [2.75, 3.05) is 39.6 Å². The first-order chi connectivity index (χ1) is 37.5. The van der Waals surface area contributed by atoms with E-state index in [0.29, 0.717) is 31.6 Å². The second kappa shape index (κ2) is 53.1. The molecule has 0 bridgehead atoms. The molecule has 0 aromatic heterocycles. The number of rotatable bonds is 59. The molecule has 0 aromatic rings. The third-order valence-electron chi connectivity index (χ3n) is 13.5. The van der Waals surface area contributed by atoms with E-state index in [0.717, 1.165) is 103 Å². The van der Waals surface area contributed by atoms with Crippen molar-refractivity contribution in [2.24, 2.45) is 5.92 Å². The Morgan fingerprint density at radius 1 is 0.346 bits per heavy atom. The summed E-state index contributed by atoms with van der Waals surface area (Å²) in [6.45, 7) is 7.01. The van der Waals surface area contributed by atoms with Crippen molar-refractivity contribution >= 4 is 39.5 Å². The van der Waals surface area contributed by atoms with Crippen molar-refractivity contribution in [1.82, 2.24) is 0 Å². The molecule has 78 heavy (non-hydrogen) atoms. The zero-order valence-electron chi connectivity index (χ0n) is 49.8. The third kappa shape index (κ3) is 53.4. The molecule has 0 aliphatic rings. The first kappa shape index (κ1) is 76.1. The Kier molecular flexibility index (Phi) is 51.8. The lowest BCUT2D eigenvalue weighted by Gasteiger charge is -2.21. The molecule has 0 heterocycles. The van der Waals surface area contributed by atoms with Crippen LogP contribution in [0.4, 0.5) is 0 Å². The Labute approximate surface area is 473 Å². The number of phosphoric ester groups is 2. The van der Waals surface area contributed by atoms with E-state index in [1.165, 1.54) is 103 Å². The topological polar surface area (TPSA) is 237 Å². The van der Waals surface area contributed by atoms with Crippen LogP contribution in [0.15, 0.2) is 0 Å². The van der Waals surface area contributed by atoms with Crippen molar-refractivity contribution in [3.63, 3.8) is 0 Å². The first-order valence-electron chi connectivity index (χ1n) is 31.1. The summed E-state index contributed by atoms with van der Waals surface area (Å²) < 4.78 is 67.6. The number of carbonyl (C=O) groups is 4. The monoisotopic (exact) mass is 1160 g/mol. The second-order valence-electron chi connectivity index (χ2n) is 21.9. The second-order valence-corrected chi connectivity index (χ2v) is 24.8. The van der Waals surface area contributed by atoms with Crippen molar-refractivity contribution in [2.45, 2.75) is 310 Å². The fourth-order valence-electron chi connectivity index (χ4n) is 8.70. The molecule has 5 atom stereocenters. The van der Waals surface area contributed by atoms with Gasteiger partial charge in [0.15, 0.2) is 12.2 Å². The van der Waals surface area contributed by atoms with Gasteiger partial charge in [0.2, 0.25) is 0 Å². The number of phosphoric acid groups is 2. The number of hydrogen-bond donors (Lipinski definition) is 3. The number of unbranched alkanes of at least 4 members (excludes halogenated alkanes) is 31. The van der Waals surface area contributed by atoms with Crippen molar-refractivity contribution in [3.8, 4) is 0 Å². The number of aliphatic hydroxyl groups excluding tert-OH is 1. The molecule has 0 amide bonds. The number of esters is 4. The summed E-state index contributed by atoms with van der Waals surface area (Å²) in [5.74, 6) is -1.48. The highest BCUT2D eigenvalue weighted by Crippen LogP contribution is 2.45. The van der Waals surface area contributed by atoms with Crippen LogP contribution < -0.4 is 0 Å². The summed E-state index contributed by atoms with van der Waals surface area (Å²) >= 11 is 0. The SMILES string of the molecule is CCCCCCCCCCCCCCC(=O)O[C@H](COC(=O)CCCCCCCCCCCC)COP(=O)(O)OC[C@@H](O)COP(=O)(O)OC[C@@H](COC(=O)CCCCCCCCC)OC(=O)CCCCCCCCC(C)C. The van der Waals surface area contributed by atoms with Gasteiger partial charge in [-0.05, 0) is 31.6 Å². The molecule has 0 aromatic carbocycles. The first-order valence-corrected chi connectivity index (χ1v) is 34.1. The van der Waals surface area contributed by atoms with Crippen molar-refractivity contribution in [1.29, 1.82) is 0 Å². The van der Waals surface area contributed by atoms with E-state index in [4.69, 9.17) is 37.0 Å². The summed E-state index contributed by atoms with van der Waals surface area (Å²) in [5.41, 5.74) is 0. The highest BCUT2D eigenvalue weighted by Gasteiger charge is 2.30. The number of carbonyl (C=O) groups excluding carboxylic acids is 4. The maximum Gasteiger partial charge on any atom is 0.472 e. The average Bonchev–Trinajstić information content (AvgIpc) is 3.40. The highest BCUT2D eigenvalue weighted by atomic mass is 31.2. The third-order valence-corrected chi connectivity index (χ3v) is 15.4. The molecule has 17 nitrogen and oxygen atoms in total. The lowest BCUT2D eigenvalue weighted by atomic mass is 10.0. The molecular weight excluding hydrogens is 1040 g/mol. The normalized spacial score (nSPS) is 14.4. The summed E-state index contributed by atoms with van der Waals surface area (Å²) in [4.78, 5) is 71.8. The lowest BCUT2D eigenvalue weighted by Crippen LogP contribution is -2.30. The highest BCUT2D eigenvalue weighted by molar-refractivity contribution is 7.47. The zero-order chi connectivity index (χ0) is 57.8. The molecule has 19 heteroatoms. The van der Waals surface area contributed by atoms with Crippen molar-refractivity contribution in [3.05, 3.63) is 0 Å². The zero-order valence-corrected chi connectivity index (χ0v) is 51.6. The summed E-state index contributed by atoms with van der Waals surface area (Å²) in [6.07, 6.45) is 35.0. The van der Waals surface area contributed by atoms with Crippen LogP contribution >= 0.6 is 15.6 Å². The molecule has 0 rings (SSSR count). The van der Waals surface area contributed by atoms with E-state index in [-0.39, 0.29) is 25.7 Å². The van der Waals surface area contributed by atoms with Crippen LogP contribution in [0.2, 0.25) is 0 Å². The quantitative estimate of drug-likeness (QED) is 0.0222. The van der Waals surface area contributed by atoms with Crippen molar-refractivity contribution < 1.29 is 80.2 Å². The predicted octanol–water partition coefficient (Wildman–Crippen LogP) is 15.8. The van der Waals surface area contributed by atoms with Crippen LogP contribution in [-0.2, 0) is 65.4 Å². The van der Waals surface area contributed by atoms with Crippen LogP contribution in [0.3, 0.4) is 0 Å². The largest absolute Gasteiger partial charge is 0.472 e. The lowest BCUT2D eigenvalue weighted by molar-refractivity contribution is -0.161. The van der Waals surface area contributed by atoms with E-state index in [1.54, 1.807) is 0 Å². The predicted molar refractivity (Wildman–Crippen MR) is 308 cm³/mol. The number of hydrogen-bond acceptors (Lipinski definition) is 15. The van der Waals surface area contributed by atoms with Gasteiger partial charge in [0.1, 0.15) is 19.3 Å². The number of ether oxygens (including phenoxy) is 4. The summed E-state index contributed by atoms with van der Waals surface area (Å²) in [5, 5.41) is 10.5. The minimum Gasteiger partial charge on any atom is -0.462 e. The fourth-order valence-corrected chi connectivity index (χ4v) is 10.3. The maximum absolute atomic E-state index is 12.9. The molecule has 0 spiro atoms. The minimum absolute atomic E-state index is 0.102. The van der Waals surface area contributed by atoms with Gasteiger partial charge in [-0.3, -0.25) is 37.3 Å². The van der Waals surface area contributed by atoms with Crippen LogP contribution in [0.1, 0.15) is 291 Å². The molecule has 3 N–H and O–H groups in total. The molecule has 0 aliphatic heterocycles. The maximum atomic E-state index is 12.9. The molecule has 0 radical (unpaired) electrons. The minimum atomic E-state index is -4.94. The van der Waals surface area contributed by atoms with Gasteiger partial charge in [-0.1, -0.05) is 240 Å². The Balaban J connectivity index is 5.21. The Morgan fingerprint density at radius 2 is 0.590 bits per heavy atom. The number of aliphatic hydroxyl groups is 1. The summed E-state index contributed by atoms with van der Waals surface area (Å²) in [7, 11) is -9.87. The van der Waals surface area contributed by atoms with E-state index in [9.17, 15) is 43.2 Å². The van der Waals surface area contributed by atoms with Gasteiger partial charge in [0.25, 0.3) is 0 Å². The molecule has 0 saturated heterocycles. The van der Waals surface area contributed by atoms with Gasteiger partial charge >= 0.3 is 39.5 Å². The standard InChI is InChI=1S/C59H114O17P2/c1-6-9-12-15-18-20-22-23-25-28-34-39-44-58(63)75-54(49-70-57(62)43-38-33-27-24-21-19-16-13-10-7-2)50-73-77(65,66)71-46-53(60)47-72-78(67,68)74-51-55(48-69-56(61)42-37-32-26-17-14-11-8-3)76-59(64)45-40-35-30-29-31-36-41-52(4)5/h52-55,60H,6-51H2,1-5H3,(H,65,66)(H,67,68)/t53-,54-,55-/m1/s1. The van der Waals surface area contributed by atoms with Crippen LogP contribution in [0.25, 0.3) is 0 Å². The molecule has 462 valence electrons. The summed E-state index contributed by atoms with van der Waals surface area (Å²) in [6, 6.07) is 0. The Morgan fingerprint density at radius 3 is 0.872 bits per heavy atom. The molecule has 0 aliphatic carbocycles. The van der Waals surface area contributed by atoms with E-state index < -0.39 is 97.5 Å². The van der Waals surface area contributed by atoms with E-state index in [2.05, 4.69) is 34.6 Å². The van der Waals surface area contributed by atoms with E-state index in [1.807, 2.05) is 0 Å². The van der Waals surface area contributed by atoms with Gasteiger partial charge in [-0.25, -0.2) is 9.13 Å². The van der Waals surface area contributed by atoms with Gasteiger partial charge in [0.05, 0.1) is 26.4 Å². The molecule has 0 fully saturated rings. The molecule has 2 unspecified atom stereocenters. The Bertz CT molecular complexity index is 1530. The smallest absolute Gasteiger partial charge is 0.462 e. The van der Waals surface area contributed by atoms with Gasteiger partial charge in [-0.2, -0.15) is 0 Å².